The van der Waals surface area contributed by atoms with Crippen molar-refractivity contribution in [2.75, 3.05) is 12.8 Å². The smallest absolute Gasteiger partial charge is 0.212 e. The molecular weight excluding hydrogens is 322 g/mol. The van der Waals surface area contributed by atoms with E-state index in [1.807, 2.05) is 0 Å². The van der Waals surface area contributed by atoms with Crippen molar-refractivity contribution >= 4 is 21.6 Å². The van der Waals surface area contributed by atoms with Crippen molar-refractivity contribution in [2.24, 2.45) is 0 Å². The lowest BCUT2D eigenvalue weighted by atomic mass is 10.2. The van der Waals surface area contributed by atoms with E-state index in [0.717, 1.165) is 17.4 Å². The van der Waals surface area contributed by atoms with Gasteiger partial charge in [-0.15, -0.1) is 0 Å². The fraction of sp³-hybridized carbons (Fsp3) is 0.455. The third-order valence-electron chi connectivity index (χ3n) is 2.51. The maximum atomic E-state index is 12.9. The lowest BCUT2D eigenvalue weighted by molar-refractivity contribution is -0.130. The Morgan fingerprint density at radius 3 is 2.40 bits per heavy atom. The van der Waals surface area contributed by atoms with Gasteiger partial charge in [0.15, 0.2) is 0 Å². The predicted octanol–water partition coefficient (Wildman–Crippen LogP) is 3.19. The molecule has 0 heterocycles. The molecule has 0 unspecified atom stereocenters. The van der Waals surface area contributed by atoms with Crippen LogP contribution in [0.3, 0.4) is 0 Å². The van der Waals surface area contributed by atoms with Gasteiger partial charge >= 0.3 is 6.18 Å². The minimum Gasteiger partial charge on any atom is -0.212 e. The Bertz CT molecular complexity index is 574. The van der Waals surface area contributed by atoms with E-state index in [-0.39, 0.29) is 11.6 Å². The van der Waals surface area contributed by atoms with Crippen molar-refractivity contribution in [3.63, 3.8) is 0 Å². The van der Waals surface area contributed by atoms with Gasteiger partial charge < -0.3 is 0 Å². The monoisotopic (exact) mass is 333 g/mol. The molecule has 0 spiro atoms. The number of benzene rings is 1. The molecule has 114 valence electrons. The first-order valence-corrected chi connectivity index (χ1v) is 7.45. The van der Waals surface area contributed by atoms with Crippen molar-refractivity contribution in [1.82, 2.24) is 4.31 Å². The molecular formula is C11H12ClF4NO2S. The first-order valence-electron chi connectivity index (χ1n) is 5.46. The molecule has 0 aliphatic carbocycles. The number of rotatable bonds is 5. The number of nitrogens with zero attached hydrogens (tertiary/aromatic N) is 1. The van der Waals surface area contributed by atoms with Crippen LogP contribution in [0.5, 0.6) is 0 Å². The average Bonchev–Trinajstić information content (AvgIpc) is 2.30. The van der Waals surface area contributed by atoms with Gasteiger partial charge in [0, 0.05) is 13.6 Å². The predicted molar refractivity (Wildman–Crippen MR) is 67.3 cm³/mol. The van der Waals surface area contributed by atoms with E-state index in [1.165, 1.54) is 12.1 Å². The summed E-state index contributed by atoms with van der Waals surface area (Å²) >= 11 is 5.54. The molecule has 0 atom stereocenters. The summed E-state index contributed by atoms with van der Waals surface area (Å²) in [6, 6.07) is 3.61. The highest BCUT2D eigenvalue weighted by atomic mass is 35.5. The lowest BCUT2D eigenvalue weighted by Crippen LogP contribution is -2.30. The lowest BCUT2D eigenvalue weighted by Gasteiger charge is -2.18. The van der Waals surface area contributed by atoms with E-state index >= 15 is 0 Å². The summed E-state index contributed by atoms with van der Waals surface area (Å²) in [5.74, 6) is -1.68. The van der Waals surface area contributed by atoms with E-state index in [9.17, 15) is 26.0 Å². The van der Waals surface area contributed by atoms with Gasteiger partial charge in [-0.3, -0.25) is 0 Å². The Balaban J connectivity index is 2.74. The number of hydrogen-bond donors (Lipinski definition) is 0. The second-order valence-corrected chi connectivity index (χ2v) is 6.79. The van der Waals surface area contributed by atoms with Gasteiger partial charge in [-0.2, -0.15) is 13.2 Å². The molecule has 0 fully saturated rings. The molecule has 0 aromatic heterocycles. The highest BCUT2D eigenvalue weighted by Crippen LogP contribution is 2.22. The Morgan fingerprint density at radius 1 is 1.30 bits per heavy atom. The maximum Gasteiger partial charge on any atom is 0.390 e. The fourth-order valence-corrected chi connectivity index (χ4v) is 2.74. The number of hydrogen-bond acceptors (Lipinski definition) is 2. The molecule has 9 heteroatoms. The maximum absolute atomic E-state index is 12.9. The van der Waals surface area contributed by atoms with Gasteiger partial charge in [0.25, 0.3) is 0 Å². The van der Waals surface area contributed by atoms with Gasteiger partial charge in [0.2, 0.25) is 10.0 Å². The van der Waals surface area contributed by atoms with Gasteiger partial charge in [0.05, 0.1) is 17.2 Å². The molecule has 0 saturated carbocycles. The van der Waals surface area contributed by atoms with Crippen LogP contribution in [-0.4, -0.2) is 31.7 Å². The summed E-state index contributed by atoms with van der Waals surface area (Å²) in [6.07, 6.45) is -5.95. The van der Waals surface area contributed by atoms with Crippen molar-refractivity contribution in [3.8, 4) is 0 Å². The second kappa shape index (κ2) is 6.28. The van der Waals surface area contributed by atoms with E-state index in [4.69, 9.17) is 11.6 Å². The number of alkyl halides is 3. The minimum absolute atomic E-state index is 0.177. The van der Waals surface area contributed by atoms with Gasteiger partial charge in [0.1, 0.15) is 5.82 Å². The third kappa shape index (κ3) is 5.26. The van der Waals surface area contributed by atoms with E-state index in [2.05, 4.69) is 0 Å². The van der Waals surface area contributed by atoms with Gasteiger partial charge in [-0.25, -0.2) is 17.1 Å². The SMILES string of the molecule is CN(Cc1ccc(F)c(Cl)c1)S(=O)(=O)CCC(F)(F)F. The average molecular weight is 334 g/mol. The van der Waals surface area contributed by atoms with Gasteiger partial charge in [-0.05, 0) is 17.7 Å². The van der Waals surface area contributed by atoms with Crippen LogP contribution < -0.4 is 0 Å². The summed E-state index contributed by atoms with van der Waals surface area (Å²) in [6.45, 7) is -0.180. The highest BCUT2D eigenvalue weighted by molar-refractivity contribution is 7.89. The highest BCUT2D eigenvalue weighted by Gasteiger charge is 2.31. The largest absolute Gasteiger partial charge is 0.390 e. The summed E-state index contributed by atoms with van der Waals surface area (Å²) < 4.78 is 73.1. The van der Waals surface area contributed by atoms with Crippen molar-refractivity contribution < 1.29 is 26.0 Å². The standard InChI is InChI=1S/C11H12ClF4NO2S/c1-17(20(18,19)5-4-11(14,15)16)7-8-2-3-10(13)9(12)6-8/h2-3,6H,4-5,7H2,1H3. The summed E-state index contributed by atoms with van der Waals surface area (Å²) in [5, 5.41) is -0.177. The molecule has 1 aromatic rings. The Kier molecular flexibility index (Phi) is 5.39. The van der Waals surface area contributed by atoms with Gasteiger partial charge in [-0.1, -0.05) is 17.7 Å². The molecule has 0 aliphatic heterocycles. The molecule has 0 aliphatic rings. The van der Waals surface area contributed by atoms with E-state index < -0.39 is 34.2 Å². The topological polar surface area (TPSA) is 37.4 Å². The Labute approximate surface area is 119 Å². The van der Waals surface area contributed by atoms with Crippen LogP contribution in [0.25, 0.3) is 0 Å². The quantitative estimate of drug-likeness (QED) is 0.776. The first-order chi connectivity index (χ1) is 9.01. The third-order valence-corrected chi connectivity index (χ3v) is 4.60. The number of sulfonamides is 1. The Hall–Kier alpha value is -0.860. The summed E-state index contributed by atoms with van der Waals surface area (Å²) in [7, 11) is -2.88. The zero-order valence-electron chi connectivity index (χ0n) is 10.4. The number of halogens is 5. The van der Waals surface area contributed by atoms with Crippen LogP contribution in [0.1, 0.15) is 12.0 Å². The van der Waals surface area contributed by atoms with Crippen LogP contribution in [0.15, 0.2) is 18.2 Å². The minimum atomic E-state index is -4.53. The molecule has 20 heavy (non-hydrogen) atoms. The summed E-state index contributed by atoms with van der Waals surface area (Å²) in [4.78, 5) is 0. The Morgan fingerprint density at radius 2 is 1.90 bits per heavy atom. The van der Waals surface area contributed by atoms with Crippen molar-refractivity contribution in [2.45, 2.75) is 19.1 Å². The molecule has 1 rings (SSSR count). The zero-order chi connectivity index (χ0) is 15.6. The van der Waals surface area contributed by atoms with Crippen LogP contribution in [0.4, 0.5) is 17.6 Å². The van der Waals surface area contributed by atoms with E-state index in [0.29, 0.717) is 5.56 Å². The second-order valence-electron chi connectivity index (χ2n) is 4.19. The first kappa shape index (κ1) is 17.2. The van der Waals surface area contributed by atoms with Crippen LogP contribution in [-0.2, 0) is 16.6 Å². The fourth-order valence-electron chi connectivity index (χ4n) is 1.39. The van der Waals surface area contributed by atoms with Crippen LogP contribution in [0, 0.1) is 5.82 Å². The normalized spacial score (nSPS) is 12.9. The zero-order valence-corrected chi connectivity index (χ0v) is 12.0. The molecule has 3 nitrogen and oxygen atoms in total. The van der Waals surface area contributed by atoms with Crippen LogP contribution >= 0.6 is 11.6 Å². The molecule has 0 amide bonds. The van der Waals surface area contributed by atoms with Crippen LogP contribution in [0.2, 0.25) is 5.02 Å². The molecule has 0 bridgehead atoms. The summed E-state index contributed by atoms with van der Waals surface area (Å²) in [5.41, 5.74) is 0.384. The molecule has 0 saturated heterocycles. The molecule has 0 N–H and O–H groups in total. The van der Waals surface area contributed by atoms with Crippen molar-refractivity contribution in [1.29, 1.82) is 0 Å². The van der Waals surface area contributed by atoms with Crippen molar-refractivity contribution in [3.05, 3.63) is 34.6 Å². The van der Waals surface area contributed by atoms with E-state index in [1.54, 1.807) is 0 Å². The molecule has 0 radical (unpaired) electrons. The molecule has 1 aromatic carbocycles.